The first-order valence-corrected chi connectivity index (χ1v) is 9.64. The second-order valence-electron chi connectivity index (χ2n) is 6.75. The number of hydrogen-bond donors (Lipinski definition) is 0. The van der Waals surface area contributed by atoms with E-state index in [1.807, 2.05) is 17.7 Å². The smallest absolute Gasteiger partial charge is 0.335 e. The first kappa shape index (κ1) is 20.0. The summed E-state index contributed by atoms with van der Waals surface area (Å²) < 4.78 is 43.2. The van der Waals surface area contributed by atoms with Crippen molar-refractivity contribution in [2.24, 2.45) is 4.99 Å². The predicted molar refractivity (Wildman–Crippen MR) is 105 cm³/mol. The van der Waals surface area contributed by atoms with Crippen molar-refractivity contribution in [3.8, 4) is 0 Å². The Balaban J connectivity index is 1.95. The van der Waals surface area contributed by atoms with E-state index in [2.05, 4.69) is 15.1 Å². The first-order valence-electron chi connectivity index (χ1n) is 8.88. The van der Waals surface area contributed by atoms with Crippen LogP contribution in [-0.2, 0) is 12.7 Å². The van der Waals surface area contributed by atoms with Crippen molar-refractivity contribution < 1.29 is 13.2 Å². The molecule has 0 aliphatic carbocycles. The molecule has 2 aromatic heterocycles. The number of halogens is 5. The topological polar surface area (TPSA) is 48.0 Å². The Hall–Kier alpha value is -2.32. The monoisotopic (exact) mass is 441 g/mol. The molecule has 1 aliphatic rings. The van der Waals surface area contributed by atoms with Crippen LogP contribution in [-0.4, -0.2) is 25.0 Å². The van der Waals surface area contributed by atoms with Crippen molar-refractivity contribution in [3.05, 3.63) is 63.8 Å². The van der Waals surface area contributed by atoms with Gasteiger partial charge in [0.15, 0.2) is 11.5 Å². The quantitative estimate of drug-likeness (QED) is 0.507. The molecule has 29 heavy (non-hydrogen) atoms. The van der Waals surface area contributed by atoms with Crippen molar-refractivity contribution >= 4 is 34.7 Å². The normalized spacial score (nSPS) is 19.2. The van der Waals surface area contributed by atoms with Crippen molar-refractivity contribution in [1.82, 2.24) is 19.3 Å². The minimum absolute atomic E-state index is 0.136. The number of alkyl halides is 3. The Kier molecular flexibility index (Phi) is 4.94. The molecule has 1 aliphatic heterocycles. The van der Waals surface area contributed by atoms with Gasteiger partial charge in [-0.05, 0) is 31.5 Å². The number of hydrogen-bond acceptors (Lipinski definition) is 3. The van der Waals surface area contributed by atoms with E-state index in [4.69, 9.17) is 23.2 Å². The van der Waals surface area contributed by atoms with Crippen LogP contribution in [0, 0.1) is 0 Å². The standard InChI is InChI=1S/C19H16Cl2F3N5/c1-3-28-7-6-25-18(28)16-10(2)26-15-9-14(19(22,23)24)27-29(15)17(16)11-4-5-12(20)13(21)8-11/h4-9,16-17H,3H2,1-2H3/t16?,17-/m1/s1. The van der Waals surface area contributed by atoms with Gasteiger partial charge in [0.05, 0.1) is 22.0 Å². The van der Waals surface area contributed by atoms with E-state index < -0.39 is 23.8 Å². The van der Waals surface area contributed by atoms with Crippen molar-refractivity contribution in [2.75, 3.05) is 0 Å². The molecule has 1 unspecified atom stereocenters. The molecule has 152 valence electrons. The summed E-state index contributed by atoms with van der Waals surface area (Å²) in [7, 11) is 0. The maximum absolute atomic E-state index is 13.3. The van der Waals surface area contributed by atoms with E-state index in [0.29, 0.717) is 33.7 Å². The summed E-state index contributed by atoms with van der Waals surface area (Å²) in [6.07, 6.45) is -1.08. The van der Waals surface area contributed by atoms with Crippen LogP contribution in [0.15, 0.2) is 41.7 Å². The van der Waals surface area contributed by atoms with Crippen LogP contribution in [0.2, 0.25) is 10.0 Å². The zero-order valence-corrected chi connectivity index (χ0v) is 17.0. The van der Waals surface area contributed by atoms with Gasteiger partial charge in [0, 0.05) is 30.7 Å². The maximum Gasteiger partial charge on any atom is 0.435 e. The number of nitrogens with zero attached hydrogens (tertiary/aromatic N) is 5. The van der Waals surface area contributed by atoms with Gasteiger partial charge in [0.25, 0.3) is 0 Å². The van der Waals surface area contributed by atoms with Crippen molar-refractivity contribution in [1.29, 1.82) is 0 Å². The number of aryl methyl sites for hydroxylation is 1. The van der Waals surface area contributed by atoms with Crippen molar-refractivity contribution in [3.63, 3.8) is 0 Å². The molecule has 0 amide bonds. The summed E-state index contributed by atoms with van der Waals surface area (Å²) in [5.41, 5.74) is 0.319. The molecular weight excluding hydrogens is 426 g/mol. The van der Waals surface area contributed by atoms with Crippen LogP contribution < -0.4 is 0 Å². The molecule has 1 aromatic carbocycles. The lowest BCUT2D eigenvalue weighted by Gasteiger charge is -2.32. The lowest BCUT2D eigenvalue weighted by Crippen LogP contribution is -2.30. The minimum Gasteiger partial charge on any atom is -0.335 e. The average molecular weight is 442 g/mol. The molecule has 3 aromatic rings. The number of aliphatic imine (C=N–C) groups is 1. The third-order valence-electron chi connectivity index (χ3n) is 4.98. The van der Waals surface area contributed by atoms with Gasteiger partial charge in [-0.25, -0.2) is 14.7 Å². The van der Waals surface area contributed by atoms with Crippen LogP contribution in [0.4, 0.5) is 19.0 Å². The molecule has 0 N–H and O–H groups in total. The van der Waals surface area contributed by atoms with Gasteiger partial charge < -0.3 is 4.57 Å². The predicted octanol–water partition coefficient (Wildman–Crippen LogP) is 5.90. The molecule has 3 heterocycles. The summed E-state index contributed by atoms with van der Waals surface area (Å²) >= 11 is 12.3. The number of rotatable bonds is 3. The largest absolute Gasteiger partial charge is 0.435 e. The highest BCUT2D eigenvalue weighted by molar-refractivity contribution is 6.42. The number of imidazole rings is 1. The molecule has 0 spiro atoms. The Morgan fingerprint density at radius 3 is 2.55 bits per heavy atom. The molecule has 0 saturated heterocycles. The summed E-state index contributed by atoms with van der Waals surface area (Å²) in [5.74, 6) is 0.409. The average Bonchev–Trinajstić information content (AvgIpc) is 3.28. The van der Waals surface area contributed by atoms with Crippen LogP contribution in [0.5, 0.6) is 0 Å². The molecule has 0 saturated carbocycles. The van der Waals surface area contributed by atoms with Crippen LogP contribution in [0.3, 0.4) is 0 Å². The van der Waals surface area contributed by atoms with Gasteiger partial charge in [-0.1, -0.05) is 29.3 Å². The maximum atomic E-state index is 13.3. The first-order chi connectivity index (χ1) is 13.7. The summed E-state index contributed by atoms with van der Waals surface area (Å²) in [5, 5.41) is 4.53. The summed E-state index contributed by atoms with van der Waals surface area (Å²) in [6.45, 7) is 4.41. The van der Waals surface area contributed by atoms with Gasteiger partial charge in [-0.2, -0.15) is 18.3 Å². The Morgan fingerprint density at radius 1 is 1.14 bits per heavy atom. The SMILES string of the molecule is CCn1ccnc1C1C(C)=Nc2cc(C(F)(F)F)nn2[C@@H]1c1ccc(Cl)c(Cl)c1. The Bertz CT molecular complexity index is 1100. The highest BCUT2D eigenvalue weighted by Gasteiger charge is 2.41. The second kappa shape index (κ2) is 7.18. The van der Waals surface area contributed by atoms with Gasteiger partial charge >= 0.3 is 6.18 Å². The number of aromatic nitrogens is 4. The van der Waals surface area contributed by atoms with Gasteiger partial charge in [0.2, 0.25) is 0 Å². The number of fused-ring (bicyclic) bond motifs is 1. The van der Waals surface area contributed by atoms with Gasteiger partial charge in [-0.3, -0.25) is 0 Å². The molecule has 0 radical (unpaired) electrons. The highest BCUT2D eigenvalue weighted by atomic mass is 35.5. The van der Waals surface area contributed by atoms with E-state index in [1.54, 1.807) is 31.3 Å². The molecule has 0 fully saturated rings. The van der Waals surface area contributed by atoms with Gasteiger partial charge in [0.1, 0.15) is 5.82 Å². The molecular formula is C19H16Cl2F3N5. The van der Waals surface area contributed by atoms with Crippen LogP contribution >= 0.6 is 23.2 Å². The third-order valence-corrected chi connectivity index (χ3v) is 5.72. The fourth-order valence-electron chi connectivity index (χ4n) is 3.66. The summed E-state index contributed by atoms with van der Waals surface area (Å²) in [6, 6.07) is 5.36. The Labute approximate surface area is 174 Å². The fourth-order valence-corrected chi connectivity index (χ4v) is 3.96. The zero-order chi connectivity index (χ0) is 20.9. The molecule has 0 bridgehead atoms. The molecule has 10 heteroatoms. The third kappa shape index (κ3) is 3.44. The summed E-state index contributed by atoms with van der Waals surface area (Å²) in [4.78, 5) is 8.88. The van der Waals surface area contributed by atoms with E-state index in [-0.39, 0.29) is 5.82 Å². The zero-order valence-electron chi connectivity index (χ0n) is 15.5. The fraction of sp³-hybridized carbons (Fsp3) is 0.316. The van der Waals surface area contributed by atoms with Gasteiger partial charge in [-0.15, -0.1) is 0 Å². The number of benzene rings is 1. The van der Waals surface area contributed by atoms with E-state index in [9.17, 15) is 13.2 Å². The lowest BCUT2D eigenvalue weighted by molar-refractivity contribution is -0.141. The molecule has 5 nitrogen and oxygen atoms in total. The van der Waals surface area contributed by atoms with E-state index >= 15 is 0 Å². The minimum atomic E-state index is -4.58. The molecule has 2 atom stereocenters. The van der Waals surface area contributed by atoms with Crippen LogP contribution in [0.1, 0.15) is 42.9 Å². The Morgan fingerprint density at radius 2 is 1.90 bits per heavy atom. The van der Waals surface area contributed by atoms with E-state index in [1.165, 1.54) is 4.68 Å². The highest BCUT2D eigenvalue weighted by Crippen LogP contribution is 2.44. The van der Waals surface area contributed by atoms with E-state index in [0.717, 1.165) is 6.07 Å². The second-order valence-corrected chi connectivity index (χ2v) is 7.57. The lowest BCUT2D eigenvalue weighted by atomic mass is 9.87. The van der Waals surface area contributed by atoms with Crippen LogP contribution in [0.25, 0.3) is 0 Å². The van der Waals surface area contributed by atoms with Crippen molar-refractivity contribution in [2.45, 2.75) is 38.5 Å². The molecule has 4 rings (SSSR count).